The predicted molar refractivity (Wildman–Crippen MR) is 68.9 cm³/mol. The van der Waals surface area contributed by atoms with E-state index in [1.165, 1.54) is 26.8 Å². The first-order valence-corrected chi connectivity index (χ1v) is 6.22. The molecule has 0 saturated heterocycles. The highest BCUT2D eigenvalue weighted by atomic mass is 19.1. The number of aliphatic carboxylic acids is 1. The fourth-order valence-electron chi connectivity index (χ4n) is 1.78. The Balaban J connectivity index is 2.83. The lowest BCUT2D eigenvalue weighted by atomic mass is 9.94. The largest absolute Gasteiger partial charge is 0.481 e. The summed E-state index contributed by atoms with van der Waals surface area (Å²) >= 11 is 0. The molecule has 0 heterocycles. The number of amides is 1. The van der Waals surface area contributed by atoms with Crippen molar-refractivity contribution in [3.63, 3.8) is 0 Å². The number of rotatable bonds is 5. The highest BCUT2D eigenvalue weighted by molar-refractivity contribution is 5.84. The summed E-state index contributed by atoms with van der Waals surface area (Å²) in [5.74, 6) is -4.85. The Morgan fingerprint density at radius 1 is 1.10 bits per heavy atom. The maximum atomic E-state index is 13.6. The van der Waals surface area contributed by atoms with Gasteiger partial charge < -0.3 is 10.4 Å². The van der Waals surface area contributed by atoms with Crippen molar-refractivity contribution in [1.29, 1.82) is 0 Å². The minimum atomic E-state index is -1.10. The molecule has 3 unspecified atom stereocenters. The van der Waals surface area contributed by atoms with Gasteiger partial charge in [-0.2, -0.15) is 0 Å². The molecule has 6 heteroatoms. The number of hydrogen-bond acceptors (Lipinski definition) is 2. The molecule has 0 fully saturated rings. The number of nitrogens with one attached hydrogen (secondary N) is 1. The number of carbonyl (C=O) groups is 2. The molecule has 20 heavy (non-hydrogen) atoms. The van der Waals surface area contributed by atoms with Crippen LogP contribution in [0.5, 0.6) is 0 Å². The zero-order valence-electron chi connectivity index (χ0n) is 11.5. The van der Waals surface area contributed by atoms with Crippen molar-refractivity contribution in [3.8, 4) is 0 Å². The van der Waals surface area contributed by atoms with Gasteiger partial charge in [-0.1, -0.05) is 19.9 Å². The molecular formula is C14H17F2NO3. The molecule has 1 rings (SSSR count). The summed E-state index contributed by atoms with van der Waals surface area (Å²) in [6.45, 7) is 4.30. The lowest BCUT2D eigenvalue weighted by molar-refractivity contribution is -0.146. The number of carbonyl (C=O) groups excluding carboxylic acids is 1. The number of carboxylic acid groups (broad SMARTS) is 1. The third-order valence-electron chi connectivity index (χ3n) is 3.34. The van der Waals surface area contributed by atoms with Crippen LogP contribution in [0.4, 0.5) is 8.78 Å². The minimum absolute atomic E-state index is 0.240. The smallest absolute Gasteiger partial charge is 0.307 e. The van der Waals surface area contributed by atoms with Crippen LogP contribution in [0.3, 0.4) is 0 Å². The predicted octanol–water partition coefficient (Wildman–Crippen LogP) is 2.50. The number of carboxylic acids is 1. The molecule has 0 saturated carbocycles. The second-order valence-corrected chi connectivity index (χ2v) is 4.78. The highest BCUT2D eigenvalue weighted by Crippen LogP contribution is 2.21. The van der Waals surface area contributed by atoms with Crippen molar-refractivity contribution in [2.24, 2.45) is 11.8 Å². The third kappa shape index (κ3) is 3.53. The molecule has 0 aromatic heterocycles. The third-order valence-corrected chi connectivity index (χ3v) is 3.34. The first-order chi connectivity index (χ1) is 9.25. The molecule has 1 aromatic rings. The van der Waals surface area contributed by atoms with Gasteiger partial charge in [-0.15, -0.1) is 0 Å². The summed E-state index contributed by atoms with van der Waals surface area (Å²) < 4.78 is 27.1. The van der Waals surface area contributed by atoms with E-state index in [4.69, 9.17) is 5.11 Å². The summed E-state index contributed by atoms with van der Waals surface area (Å²) in [4.78, 5) is 22.7. The van der Waals surface area contributed by atoms with E-state index in [1.807, 2.05) is 0 Å². The molecule has 1 amide bonds. The van der Waals surface area contributed by atoms with Gasteiger partial charge in [0.25, 0.3) is 0 Å². The Labute approximate surface area is 115 Å². The topological polar surface area (TPSA) is 66.4 Å². The van der Waals surface area contributed by atoms with Gasteiger partial charge in [0.1, 0.15) is 11.6 Å². The van der Waals surface area contributed by atoms with E-state index in [9.17, 15) is 18.4 Å². The van der Waals surface area contributed by atoms with Crippen LogP contribution in [0.25, 0.3) is 0 Å². The van der Waals surface area contributed by atoms with Crippen molar-refractivity contribution in [1.82, 2.24) is 5.32 Å². The summed E-state index contributed by atoms with van der Waals surface area (Å²) in [6, 6.07) is 2.55. The molecule has 0 aliphatic rings. The SMILES string of the molecule is CC(NC(=O)C(C)C(C)C(=O)O)c1c(F)cccc1F. The van der Waals surface area contributed by atoms with Crippen molar-refractivity contribution < 1.29 is 23.5 Å². The minimum Gasteiger partial charge on any atom is -0.481 e. The number of hydrogen-bond donors (Lipinski definition) is 2. The van der Waals surface area contributed by atoms with E-state index in [0.29, 0.717) is 0 Å². The summed E-state index contributed by atoms with van der Waals surface area (Å²) in [7, 11) is 0. The van der Waals surface area contributed by atoms with Crippen molar-refractivity contribution in [2.45, 2.75) is 26.8 Å². The van der Waals surface area contributed by atoms with Crippen LogP contribution in [0.1, 0.15) is 32.4 Å². The van der Waals surface area contributed by atoms with E-state index in [1.54, 1.807) is 0 Å². The molecule has 1 aromatic carbocycles. The summed E-state index contributed by atoms with van der Waals surface area (Å²) in [6.07, 6.45) is 0. The van der Waals surface area contributed by atoms with E-state index in [-0.39, 0.29) is 5.56 Å². The second-order valence-electron chi connectivity index (χ2n) is 4.78. The van der Waals surface area contributed by atoms with Crippen LogP contribution in [-0.4, -0.2) is 17.0 Å². The molecule has 2 N–H and O–H groups in total. The zero-order chi connectivity index (χ0) is 15.4. The van der Waals surface area contributed by atoms with E-state index in [2.05, 4.69) is 5.32 Å². The zero-order valence-corrected chi connectivity index (χ0v) is 11.5. The van der Waals surface area contributed by atoms with Gasteiger partial charge in [-0.3, -0.25) is 9.59 Å². The van der Waals surface area contributed by atoms with Crippen LogP contribution in [-0.2, 0) is 9.59 Å². The second kappa shape index (κ2) is 6.45. The van der Waals surface area contributed by atoms with Gasteiger partial charge in [-0.05, 0) is 19.1 Å². The average Bonchev–Trinajstić information content (AvgIpc) is 2.36. The Bertz CT molecular complexity index is 499. The molecular weight excluding hydrogens is 268 g/mol. The normalized spacial score (nSPS) is 15.2. The molecule has 3 atom stereocenters. The van der Waals surface area contributed by atoms with Gasteiger partial charge in [0, 0.05) is 11.5 Å². The summed E-state index contributed by atoms with van der Waals surface area (Å²) in [5, 5.41) is 11.3. The summed E-state index contributed by atoms with van der Waals surface area (Å²) in [5.41, 5.74) is -0.240. The number of benzene rings is 1. The maximum absolute atomic E-state index is 13.6. The quantitative estimate of drug-likeness (QED) is 0.873. The molecule has 0 aliphatic heterocycles. The van der Waals surface area contributed by atoms with Gasteiger partial charge in [0.05, 0.1) is 12.0 Å². The van der Waals surface area contributed by atoms with Gasteiger partial charge in [0.15, 0.2) is 0 Å². The molecule has 0 spiro atoms. The Morgan fingerprint density at radius 3 is 2.05 bits per heavy atom. The van der Waals surface area contributed by atoms with Crippen molar-refractivity contribution in [3.05, 3.63) is 35.4 Å². The van der Waals surface area contributed by atoms with Crippen LogP contribution < -0.4 is 5.32 Å². The van der Waals surface area contributed by atoms with Crippen LogP contribution in [0.2, 0.25) is 0 Å². The average molecular weight is 285 g/mol. The molecule has 0 radical (unpaired) electrons. The van der Waals surface area contributed by atoms with Crippen LogP contribution in [0.15, 0.2) is 18.2 Å². The van der Waals surface area contributed by atoms with E-state index >= 15 is 0 Å². The van der Waals surface area contributed by atoms with E-state index < -0.39 is 41.4 Å². The lowest BCUT2D eigenvalue weighted by Gasteiger charge is -2.20. The Hall–Kier alpha value is -1.98. The van der Waals surface area contributed by atoms with Gasteiger partial charge >= 0.3 is 5.97 Å². The standard InChI is InChI=1S/C14H17F2NO3/c1-7(8(2)14(19)20)13(18)17-9(3)12-10(15)5-4-6-11(12)16/h4-9H,1-3H3,(H,17,18)(H,19,20). The fourth-order valence-corrected chi connectivity index (χ4v) is 1.78. The highest BCUT2D eigenvalue weighted by Gasteiger charge is 2.27. The first kappa shape index (κ1) is 16.1. The maximum Gasteiger partial charge on any atom is 0.307 e. The van der Waals surface area contributed by atoms with Crippen molar-refractivity contribution in [2.75, 3.05) is 0 Å². The Morgan fingerprint density at radius 2 is 1.60 bits per heavy atom. The van der Waals surface area contributed by atoms with Crippen molar-refractivity contribution >= 4 is 11.9 Å². The van der Waals surface area contributed by atoms with Crippen LogP contribution in [0, 0.1) is 23.5 Å². The van der Waals surface area contributed by atoms with E-state index in [0.717, 1.165) is 12.1 Å². The van der Waals surface area contributed by atoms with Gasteiger partial charge in [0.2, 0.25) is 5.91 Å². The number of halogens is 2. The molecule has 0 aliphatic carbocycles. The molecule has 4 nitrogen and oxygen atoms in total. The molecule has 110 valence electrons. The monoisotopic (exact) mass is 285 g/mol. The lowest BCUT2D eigenvalue weighted by Crippen LogP contribution is -2.37. The first-order valence-electron chi connectivity index (χ1n) is 6.22. The van der Waals surface area contributed by atoms with Gasteiger partial charge in [-0.25, -0.2) is 8.78 Å². The molecule has 0 bridgehead atoms. The fraction of sp³-hybridized carbons (Fsp3) is 0.429. The Kier molecular flexibility index (Phi) is 5.19. The van der Waals surface area contributed by atoms with Crippen LogP contribution >= 0.6 is 0 Å².